The highest BCUT2D eigenvalue weighted by Gasteiger charge is 2.23. The zero-order valence-electron chi connectivity index (χ0n) is 9.18. The van der Waals surface area contributed by atoms with Crippen LogP contribution in [0.2, 0.25) is 0 Å². The number of rotatable bonds is 2. The molecule has 1 amide bonds. The van der Waals surface area contributed by atoms with Gasteiger partial charge in [0.1, 0.15) is 5.82 Å². The molecule has 1 aromatic heterocycles. The number of nitrogens with zero attached hydrogens (tertiary/aromatic N) is 2. The maximum atomic E-state index is 10.9. The lowest BCUT2D eigenvalue weighted by Gasteiger charge is -2.17. The van der Waals surface area contributed by atoms with Gasteiger partial charge in [-0.25, -0.2) is 0 Å². The number of carbonyl (C=O) groups excluding carboxylic acids is 1. The van der Waals surface area contributed by atoms with Crippen LogP contribution in [0.4, 0.5) is 5.82 Å². The van der Waals surface area contributed by atoms with Crippen LogP contribution in [-0.4, -0.2) is 35.1 Å². The predicted molar refractivity (Wildman–Crippen MR) is 60.3 cm³/mol. The molecule has 0 bridgehead atoms. The van der Waals surface area contributed by atoms with Crippen molar-refractivity contribution < 1.29 is 9.90 Å². The first-order valence-corrected chi connectivity index (χ1v) is 5.33. The van der Waals surface area contributed by atoms with E-state index in [4.69, 9.17) is 0 Å². The molecule has 0 radical (unpaired) electrons. The highest BCUT2D eigenvalue weighted by Crippen LogP contribution is 2.19. The van der Waals surface area contributed by atoms with Gasteiger partial charge in [-0.1, -0.05) is 6.07 Å². The molecule has 1 fully saturated rings. The van der Waals surface area contributed by atoms with Crippen molar-refractivity contribution in [2.45, 2.75) is 19.4 Å². The van der Waals surface area contributed by atoms with Crippen molar-refractivity contribution in [1.29, 1.82) is 0 Å². The summed E-state index contributed by atoms with van der Waals surface area (Å²) in [6, 6.07) is 5.35. The average molecular weight is 221 g/mol. The number of carbonyl (C=O) groups is 1. The van der Waals surface area contributed by atoms with Gasteiger partial charge in [-0.05, 0) is 12.5 Å². The topological polar surface area (TPSA) is 65.5 Å². The van der Waals surface area contributed by atoms with Gasteiger partial charge in [0, 0.05) is 32.1 Å². The zero-order valence-corrected chi connectivity index (χ0v) is 9.18. The second-order valence-electron chi connectivity index (χ2n) is 3.99. The summed E-state index contributed by atoms with van der Waals surface area (Å²) >= 11 is 0. The van der Waals surface area contributed by atoms with Crippen molar-refractivity contribution in [3.63, 3.8) is 0 Å². The van der Waals surface area contributed by atoms with E-state index in [1.54, 1.807) is 12.1 Å². The minimum Gasteiger partial charge on any atom is -0.493 e. The smallest absolute Gasteiger partial charge is 0.217 e. The van der Waals surface area contributed by atoms with E-state index in [-0.39, 0.29) is 17.8 Å². The van der Waals surface area contributed by atoms with E-state index in [1.807, 2.05) is 6.07 Å². The number of amides is 1. The Morgan fingerprint density at radius 1 is 1.62 bits per heavy atom. The fourth-order valence-corrected chi connectivity index (χ4v) is 1.96. The number of hydrogen-bond donors (Lipinski definition) is 2. The first-order chi connectivity index (χ1) is 7.65. The van der Waals surface area contributed by atoms with E-state index in [2.05, 4.69) is 15.2 Å². The number of aromatic hydroxyl groups is 1. The highest BCUT2D eigenvalue weighted by atomic mass is 16.3. The summed E-state index contributed by atoms with van der Waals surface area (Å²) in [5.41, 5.74) is 0. The summed E-state index contributed by atoms with van der Waals surface area (Å²) in [5.74, 6) is 0.782. The third kappa shape index (κ3) is 2.42. The fourth-order valence-electron chi connectivity index (χ4n) is 1.96. The Morgan fingerprint density at radius 3 is 3.12 bits per heavy atom. The molecule has 1 aliphatic heterocycles. The number of nitrogens with one attached hydrogen (secondary N) is 1. The SMILES string of the molecule is CC(=O)NC1CCN(c2cccc(O)n2)C1. The van der Waals surface area contributed by atoms with Crippen molar-refractivity contribution in [1.82, 2.24) is 10.3 Å². The second-order valence-corrected chi connectivity index (χ2v) is 3.99. The van der Waals surface area contributed by atoms with Crippen LogP contribution in [-0.2, 0) is 4.79 Å². The van der Waals surface area contributed by atoms with Gasteiger partial charge in [0.25, 0.3) is 0 Å². The molecule has 1 aliphatic rings. The third-order valence-electron chi connectivity index (χ3n) is 2.64. The Balaban J connectivity index is 2.00. The molecule has 5 heteroatoms. The van der Waals surface area contributed by atoms with Gasteiger partial charge in [-0.15, -0.1) is 0 Å². The monoisotopic (exact) mass is 221 g/mol. The molecule has 1 atom stereocenters. The summed E-state index contributed by atoms with van der Waals surface area (Å²) in [5, 5.41) is 12.2. The molecule has 0 aliphatic carbocycles. The molecule has 16 heavy (non-hydrogen) atoms. The molecule has 86 valence electrons. The van der Waals surface area contributed by atoms with E-state index in [1.165, 1.54) is 6.92 Å². The number of anilines is 1. The van der Waals surface area contributed by atoms with Crippen LogP contribution in [0.3, 0.4) is 0 Å². The van der Waals surface area contributed by atoms with Gasteiger partial charge in [-0.2, -0.15) is 4.98 Å². The lowest BCUT2D eigenvalue weighted by Crippen LogP contribution is -2.35. The predicted octanol–water partition coefficient (Wildman–Crippen LogP) is 0.502. The van der Waals surface area contributed by atoms with Crippen LogP contribution < -0.4 is 10.2 Å². The first kappa shape index (κ1) is 10.7. The van der Waals surface area contributed by atoms with Crippen LogP contribution in [0.15, 0.2) is 18.2 Å². The molecule has 0 saturated carbocycles. The van der Waals surface area contributed by atoms with Gasteiger partial charge in [-0.3, -0.25) is 4.79 Å². The van der Waals surface area contributed by atoms with E-state index in [0.717, 1.165) is 25.3 Å². The van der Waals surface area contributed by atoms with E-state index in [9.17, 15) is 9.90 Å². The van der Waals surface area contributed by atoms with E-state index < -0.39 is 0 Å². The third-order valence-corrected chi connectivity index (χ3v) is 2.64. The summed E-state index contributed by atoms with van der Waals surface area (Å²) in [6.07, 6.45) is 0.914. The van der Waals surface area contributed by atoms with Crippen LogP contribution in [0.25, 0.3) is 0 Å². The molecule has 0 aromatic carbocycles. The van der Waals surface area contributed by atoms with Gasteiger partial charge in [0.15, 0.2) is 0 Å². The molecule has 2 rings (SSSR count). The van der Waals surface area contributed by atoms with Crippen molar-refractivity contribution in [2.75, 3.05) is 18.0 Å². The summed E-state index contributed by atoms with van der Waals surface area (Å²) in [7, 11) is 0. The normalized spacial score (nSPS) is 19.8. The Hall–Kier alpha value is -1.78. The molecule has 1 aromatic rings. The van der Waals surface area contributed by atoms with Crippen molar-refractivity contribution in [2.24, 2.45) is 0 Å². The molecule has 1 unspecified atom stereocenters. The van der Waals surface area contributed by atoms with Crippen LogP contribution in [0, 0.1) is 0 Å². The van der Waals surface area contributed by atoms with Gasteiger partial charge >= 0.3 is 0 Å². The minimum absolute atomic E-state index is 0.00396. The van der Waals surface area contributed by atoms with E-state index in [0.29, 0.717) is 0 Å². The molecule has 2 heterocycles. The maximum Gasteiger partial charge on any atom is 0.217 e. The van der Waals surface area contributed by atoms with Crippen LogP contribution >= 0.6 is 0 Å². The Kier molecular flexibility index (Phi) is 2.94. The van der Waals surface area contributed by atoms with Crippen LogP contribution in [0.5, 0.6) is 5.88 Å². The summed E-state index contributed by atoms with van der Waals surface area (Å²) in [6.45, 7) is 3.12. The van der Waals surface area contributed by atoms with Crippen molar-refractivity contribution in [3.8, 4) is 5.88 Å². The lowest BCUT2D eigenvalue weighted by atomic mass is 10.3. The zero-order chi connectivity index (χ0) is 11.5. The van der Waals surface area contributed by atoms with Gasteiger partial charge < -0.3 is 15.3 Å². The summed E-state index contributed by atoms with van der Waals surface area (Å²) < 4.78 is 0. The fraction of sp³-hybridized carbons (Fsp3) is 0.455. The largest absolute Gasteiger partial charge is 0.493 e. The van der Waals surface area contributed by atoms with E-state index >= 15 is 0 Å². The Labute approximate surface area is 94.1 Å². The maximum absolute atomic E-state index is 10.9. The quantitative estimate of drug-likeness (QED) is 0.763. The standard InChI is InChI=1S/C11H15N3O2/c1-8(15)12-9-5-6-14(7-9)10-3-2-4-11(16)13-10/h2-4,9H,5-7H2,1H3,(H,12,15)(H,13,16). The lowest BCUT2D eigenvalue weighted by molar-refractivity contribution is -0.119. The van der Waals surface area contributed by atoms with Crippen molar-refractivity contribution in [3.05, 3.63) is 18.2 Å². The number of pyridine rings is 1. The van der Waals surface area contributed by atoms with Crippen LogP contribution in [0.1, 0.15) is 13.3 Å². The number of hydrogen-bond acceptors (Lipinski definition) is 4. The molecule has 5 nitrogen and oxygen atoms in total. The highest BCUT2D eigenvalue weighted by molar-refractivity contribution is 5.73. The second kappa shape index (κ2) is 4.38. The first-order valence-electron chi connectivity index (χ1n) is 5.33. The molecule has 1 saturated heterocycles. The molecule has 0 spiro atoms. The molecular weight excluding hydrogens is 206 g/mol. The average Bonchev–Trinajstić information content (AvgIpc) is 2.65. The van der Waals surface area contributed by atoms with Gasteiger partial charge in [0.05, 0.1) is 0 Å². The Bertz CT molecular complexity index is 395. The summed E-state index contributed by atoms with van der Waals surface area (Å²) in [4.78, 5) is 17.0. The van der Waals surface area contributed by atoms with Crippen molar-refractivity contribution >= 4 is 11.7 Å². The Morgan fingerprint density at radius 2 is 2.44 bits per heavy atom. The van der Waals surface area contributed by atoms with Gasteiger partial charge in [0.2, 0.25) is 11.8 Å². The number of aromatic nitrogens is 1. The molecule has 2 N–H and O–H groups in total. The molecular formula is C11H15N3O2. The minimum atomic E-state index is -0.00396.